The van der Waals surface area contributed by atoms with Gasteiger partial charge in [0, 0.05) is 50.9 Å². The van der Waals surface area contributed by atoms with E-state index in [0.717, 1.165) is 38.2 Å². The van der Waals surface area contributed by atoms with Gasteiger partial charge in [-0.2, -0.15) is 0 Å². The number of piperazine rings is 1. The molecule has 1 aromatic carbocycles. The Labute approximate surface area is 127 Å². The average molecular weight is 294 g/mol. The maximum Gasteiger partial charge on any atom is 0.127 e. The van der Waals surface area contributed by atoms with Gasteiger partial charge in [-0.1, -0.05) is 32.0 Å². The third-order valence-electron chi connectivity index (χ3n) is 4.11. The topological polar surface area (TPSA) is 26.7 Å². The zero-order chi connectivity index (χ0) is 15.2. The molecule has 1 aromatic rings. The Kier molecular flexibility index (Phi) is 6.15. The lowest BCUT2D eigenvalue weighted by Crippen LogP contribution is -2.53. The van der Waals surface area contributed by atoms with E-state index in [1.807, 2.05) is 12.1 Å². The molecule has 1 atom stereocenters. The van der Waals surface area contributed by atoms with Crippen LogP contribution in [0.1, 0.15) is 25.8 Å². The lowest BCUT2D eigenvalue weighted by atomic mass is 10.1. The van der Waals surface area contributed by atoms with E-state index in [9.17, 15) is 9.50 Å². The lowest BCUT2D eigenvalue weighted by Gasteiger charge is -2.42. The summed E-state index contributed by atoms with van der Waals surface area (Å²) in [6.07, 6.45) is 0.753. The summed E-state index contributed by atoms with van der Waals surface area (Å²) in [6, 6.07) is 7.29. The van der Waals surface area contributed by atoms with Gasteiger partial charge in [0.1, 0.15) is 5.82 Å². The second-order valence-electron chi connectivity index (χ2n) is 6.38. The van der Waals surface area contributed by atoms with Gasteiger partial charge in [-0.25, -0.2) is 4.39 Å². The summed E-state index contributed by atoms with van der Waals surface area (Å²) in [5.74, 6) is 0.516. The van der Waals surface area contributed by atoms with Crippen molar-refractivity contribution in [1.29, 1.82) is 0 Å². The van der Waals surface area contributed by atoms with Crippen molar-refractivity contribution in [1.82, 2.24) is 9.80 Å². The van der Waals surface area contributed by atoms with Crippen LogP contribution in [0, 0.1) is 11.7 Å². The minimum absolute atomic E-state index is 0.134. The highest BCUT2D eigenvalue weighted by atomic mass is 19.1. The smallest absolute Gasteiger partial charge is 0.127 e. The van der Waals surface area contributed by atoms with Gasteiger partial charge >= 0.3 is 0 Å². The molecule has 1 N–H and O–H groups in total. The van der Waals surface area contributed by atoms with Crippen molar-refractivity contribution in [2.45, 2.75) is 32.9 Å². The average Bonchev–Trinajstić information content (AvgIpc) is 2.43. The van der Waals surface area contributed by atoms with Crippen LogP contribution in [0.4, 0.5) is 4.39 Å². The predicted molar refractivity (Wildman–Crippen MR) is 83.6 cm³/mol. The Morgan fingerprint density at radius 2 is 2.05 bits per heavy atom. The fourth-order valence-corrected chi connectivity index (χ4v) is 3.12. The molecule has 0 bridgehead atoms. The molecule has 1 aliphatic heterocycles. The fourth-order valence-electron chi connectivity index (χ4n) is 3.12. The minimum atomic E-state index is -0.134. The van der Waals surface area contributed by atoms with Gasteiger partial charge in [0.05, 0.1) is 0 Å². The third kappa shape index (κ3) is 4.77. The van der Waals surface area contributed by atoms with Crippen LogP contribution in [0.25, 0.3) is 0 Å². The molecule has 1 heterocycles. The van der Waals surface area contributed by atoms with E-state index in [4.69, 9.17) is 0 Å². The first-order valence-corrected chi connectivity index (χ1v) is 7.90. The van der Waals surface area contributed by atoms with Crippen molar-refractivity contribution < 1.29 is 9.50 Å². The van der Waals surface area contributed by atoms with E-state index in [2.05, 4.69) is 23.6 Å². The number of halogens is 1. The summed E-state index contributed by atoms with van der Waals surface area (Å²) in [5.41, 5.74) is 0.748. The highest BCUT2D eigenvalue weighted by molar-refractivity contribution is 5.17. The number of benzene rings is 1. The first-order chi connectivity index (χ1) is 10.1. The molecular formula is C17H27FN2O. The van der Waals surface area contributed by atoms with Gasteiger partial charge in [-0.3, -0.25) is 4.90 Å². The largest absolute Gasteiger partial charge is 0.396 e. The van der Waals surface area contributed by atoms with Crippen LogP contribution in [0.2, 0.25) is 0 Å². The predicted octanol–water partition coefficient (Wildman–Crippen LogP) is 2.35. The maximum atomic E-state index is 13.8. The molecule has 0 radical (unpaired) electrons. The molecule has 2 rings (SSSR count). The van der Waals surface area contributed by atoms with E-state index < -0.39 is 0 Å². The first-order valence-electron chi connectivity index (χ1n) is 7.90. The Hall–Kier alpha value is -0.970. The second-order valence-corrected chi connectivity index (χ2v) is 6.38. The monoisotopic (exact) mass is 294 g/mol. The quantitative estimate of drug-likeness (QED) is 0.872. The van der Waals surface area contributed by atoms with E-state index in [-0.39, 0.29) is 12.4 Å². The van der Waals surface area contributed by atoms with E-state index in [0.29, 0.717) is 18.5 Å². The van der Waals surface area contributed by atoms with E-state index in [1.54, 1.807) is 6.07 Å². The van der Waals surface area contributed by atoms with Crippen LogP contribution in [0.15, 0.2) is 24.3 Å². The number of hydrogen-bond donors (Lipinski definition) is 1. The molecule has 1 saturated heterocycles. The minimum Gasteiger partial charge on any atom is -0.396 e. The SMILES string of the molecule is CC(C)CN1CCN(Cc2ccccc2F)[C@H](CCO)C1. The van der Waals surface area contributed by atoms with Crippen LogP contribution < -0.4 is 0 Å². The Balaban J connectivity index is 2.00. The molecule has 0 unspecified atom stereocenters. The summed E-state index contributed by atoms with van der Waals surface area (Å²) >= 11 is 0. The number of aliphatic hydroxyl groups is 1. The van der Waals surface area contributed by atoms with Crippen molar-refractivity contribution >= 4 is 0 Å². The molecule has 0 spiro atoms. The lowest BCUT2D eigenvalue weighted by molar-refractivity contribution is 0.0477. The Morgan fingerprint density at radius 3 is 2.71 bits per heavy atom. The molecule has 0 aliphatic carbocycles. The highest BCUT2D eigenvalue weighted by Crippen LogP contribution is 2.18. The van der Waals surface area contributed by atoms with Crippen LogP contribution in [-0.2, 0) is 6.54 Å². The van der Waals surface area contributed by atoms with Crippen molar-refractivity contribution in [2.24, 2.45) is 5.92 Å². The van der Waals surface area contributed by atoms with Gasteiger partial charge < -0.3 is 10.0 Å². The number of aliphatic hydroxyl groups excluding tert-OH is 1. The van der Waals surface area contributed by atoms with Crippen molar-refractivity contribution in [2.75, 3.05) is 32.8 Å². The highest BCUT2D eigenvalue weighted by Gasteiger charge is 2.27. The van der Waals surface area contributed by atoms with Gasteiger partial charge in [0.25, 0.3) is 0 Å². The zero-order valence-electron chi connectivity index (χ0n) is 13.1. The Morgan fingerprint density at radius 1 is 1.29 bits per heavy atom. The molecular weight excluding hydrogens is 267 g/mol. The van der Waals surface area contributed by atoms with Crippen molar-refractivity contribution in [3.05, 3.63) is 35.6 Å². The fraction of sp³-hybridized carbons (Fsp3) is 0.647. The summed E-state index contributed by atoms with van der Waals surface area (Å²) in [7, 11) is 0. The van der Waals surface area contributed by atoms with E-state index in [1.165, 1.54) is 6.07 Å². The second kappa shape index (κ2) is 7.87. The van der Waals surface area contributed by atoms with Crippen LogP contribution in [0.3, 0.4) is 0 Å². The molecule has 1 aliphatic rings. The van der Waals surface area contributed by atoms with Crippen molar-refractivity contribution in [3.8, 4) is 0 Å². The van der Waals surface area contributed by atoms with Crippen LogP contribution >= 0.6 is 0 Å². The summed E-state index contributed by atoms with van der Waals surface area (Å²) in [5, 5.41) is 9.31. The zero-order valence-corrected chi connectivity index (χ0v) is 13.1. The van der Waals surface area contributed by atoms with Crippen molar-refractivity contribution in [3.63, 3.8) is 0 Å². The normalized spacial score (nSPS) is 21.1. The molecule has 0 aromatic heterocycles. The van der Waals surface area contributed by atoms with Crippen LogP contribution in [0.5, 0.6) is 0 Å². The molecule has 21 heavy (non-hydrogen) atoms. The van der Waals surface area contributed by atoms with Gasteiger partial charge in [-0.15, -0.1) is 0 Å². The van der Waals surface area contributed by atoms with Gasteiger partial charge in [0.2, 0.25) is 0 Å². The molecule has 118 valence electrons. The third-order valence-corrected chi connectivity index (χ3v) is 4.11. The number of rotatable bonds is 6. The molecule has 0 saturated carbocycles. The maximum absolute atomic E-state index is 13.8. The summed E-state index contributed by atoms with van der Waals surface area (Å²) < 4.78 is 13.8. The van der Waals surface area contributed by atoms with E-state index >= 15 is 0 Å². The number of nitrogens with zero attached hydrogens (tertiary/aromatic N) is 2. The number of hydrogen-bond acceptors (Lipinski definition) is 3. The summed E-state index contributed by atoms with van der Waals surface area (Å²) in [4.78, 5) is 4.77. The van der Waals surface area contributed by atoms with Gasteiger partial charge in [0.15, 0.2) is 0 Å². The Bertz CT molecular complexity index is 439. The molecule has 4 heteroatoms. The molecule has 3 nitrogen and oxygen atoms in total. The molecule has 0 amide bonds. The standard InChI is InChI=1S/C17H27FN2O/c1-14(2)11-19-8-9-20(16(13-19)7-10-21)12-15-5-3-4-6-17(15)18/h3-6,14,16,21H,7-13H2,1-2H3/t16-/m1/s1. The first kappa shape index (κ1) is 16.4. The van der Waals surface area contributed by atoms with Crippen LogP contribution in [-0.4, -0.2) is 53.7 Å². The molecule has 1 fully saturated rings. The van der Waals surface area contributed by atoms with Gasteiger partial charge in [-0.05, 0) is 18.4 Å². The summed E-state index contributed by atoms with van der Waals surface area (Å²) in [6.45, 7) is 9.29.